The normalized spacial score (nSPS) is 11.9. The Balaban J connectivity index is 1.94. The van der Waals surface area contributed by atoms with Crippen LogP contribution in [0.1, 0.15) is 11.7 Å². The molecule has 4 heteroatoms. The lowest BCUT2D eigenvalue weighted by Gasteiger charge is -2.13. The third-order valence-electron chi connectivity index (χ3n) is 2.82. The average molecular weight is 322 g/mol. The summed E-state index contributed by atoms with van der Waals surface area (Å²) in [6.45, 7) is 0.461. The molecule has 3 nitrogen and oxygen atoms in total. The van der Waals surface area contributed by atoms with Crippen molar-refractivity contribution in [3.8, 4) is 5.75 Å². The largest absolute Gasteiger partial charge is 0.497 e. The van der Waals surface area contributed by atoms with Crippen LogP contribution in [0.5, 0.6) is 5.75 Å². The predicted molar refractivity (Wildman–Crippen MR) is 80.6 cm³/mol. The smallest absolute Gasteiger partial charge is 0.119 e. The summed E-state index contributed by atoms with van der Waals surface area (Å²) < 4.78 is 6.06. The molecule has 1 atom stereocenters. The Morgan fingerprint density at radius 2 is 1.95 bits per heavy atom. The monoisotopic (exact) mass is 321 g/mol. The summed E-state index contributed by atoms with van der Waals surface area (Å²) in [5, 5.41) is 13.3. The Hall–Kier alpha value is -1.52. The number of hydrogen-bond donors (Lipinski definition) is 2. The standard InChI is InChI=1S/C15H16BrNO2/c1-19-14-7-5-13(6-8-14)17-10-15(18)11-3-2-4-12(16)9-11/h2-9,15,17-18H,10H2,1H3. The molecule has 0 heterocycles. The van der Waals surface area contributed by atoms with Gasteiger partial charge in [0.1, 0.15) is 5.75 Å². The molecule has 0 fully saturated rings. The third-order valence-corrected chi connectivity index (χ3v) is 3.32. The fourth-order valence-corrected chi connectivity index (χ4v) is 2.17. The van der Waals surface area contributed by atoms with Gasteiger partial charge in [0.25, 0.3) is 0 Å². The molecular weight excluding hydrogens is 306 g/mol. The van der Waals surface area contributed by atoms with Crippen molar-refractivity contribution >= 4 is 21.6 Å². The summed E-state index contributed by atoms with van der Waals surface area (Å²) >= 11 is 3.40. The number of methoxy groups -OCH3 is 1. The quantitative estimate of drug-likeness (QED) is 0.884. The Morgan fingerprint density at radius 3 is 2.58 bits per heavy atom. The van der Waals surface area contributed by atoms with Gasteiger partial charge in [-0.25, -0.2) is 0 Å². The molecule has 2 aromatic carbocycles. The second-order valence-corrected chi connectivity index (χ2v) is 5.10. The molecule has 0 aliphatic carbocycles. The van der Waals surface area contributed by atoms with E-state index in [0.29, 0.717) is 6.54 Å². The topological polar surface area (TPSA) is 41.5 Å². The first kappa shape index (κ1) is 13.9. The van der Waals surface area contributed by atoms with Gasteiger partial charge in [0, 0.05) is 16.7 Å². The third kappa shape index (κ3) is 3.98. The number of aliphatic hydroxyl groups excluding tert-OH is 1. The number of anilines is 1. The van der Waals surface area contributed by atoms with E-state index in [9.17, 15) is 5.11 Å². The van der Waals surface area contributed by atoms with Crippen LogP contribution in [0, 0.1) is 0 Å². The highest BCUT2D eigenvalue weighted by Crippen LogP contribution is 2.20. The van der Waals surface area contributed by atoms with Crippen LogP contribution in [-0.2, 0) is 0 Å². The van der Waals surface area contributed by atoms with E-state index >= 15 is 0 Å². The van der Waals surface area contributed by atoms with Gasteiger partial charge in [-0.15, -0.1) is 0 Å². The minimum Gasteiger partial charge on any atom is -0.497 e. The molecule has 1 unspecified atom stereocenters. The molecule has 0 spiro atoms. The van der Waals surface area contributed by atoms with E-state index in [-0.39, 0.29) is 0 Å². The van der Waals surface area contributed by atoms with Gasteiger partial charge in [0.05, 0.1) is 13.2 Å². The van der Waals surface area contributed by atoms with Gasteiger partial charge < -0.3 is 15.2 Å². The number of benzene rings is 2. The van der Waals surface area contributed by atoms with Crippen LogP contribution in [0.15, 0.2) is 53.0 Å². The number of aliphatic hydroxyl groups is 1. The van der Waals surface area contributed by atoms with E-state index in [1.807, 2.05) is 48.5 Å². The molecule has 0 aliphatic rings. The summed E-state index contributed by atoms with van der Waals surface area (Å²) in [6.07, 6.45) is -0.542. The first-order chi connectivity index (χ1) is 9.19. The Morgan fingerprint density at radius 1 is 1.21 bits per heavy atom. The van der Waals surface area contributed by atoms with E-state index in [1.165, 1.54) is 0 Å². The summed E-state index contributed by atoms with van der Waals surface area (Å²) in [5.74, 6) is 0.818. The zero-order chi connectivity index (χ0) is 13.7. The van der Waals surface area contributed by atoms with Crippen LogP contribution in [0.3, 0.4) is 0 Å². The molecule has 19 heavy (non-hydrogen) atoms. The number of halogens is 1. The molecule has 0 radical (unpaired) electrons. The van der Waals surface area contributed by atoms with Crippen LogP contribution in [0.25, 0.3) is 0 Å². The average Bonchev–Trinajstić information content (AvgIpc) is 2.45. The zero-order valence-electron chi connectivity index (χ0n) is 10.6. The Kier molecular flexibility index (Phi) is 4.82. The molecule has 100 valence electrons. The second kappa shape index (κ2) is 6.59. The molecule has 0 saturated carbocycles. The lowest BCUT2D eigenvalue weighted by Crippen LogP contribution is -2.12. The molecule has 2 rings (SSSR count). The fraction of sp³-hybridized carbons (Fsp3) is 0.200. The second-order valence-electron chi connectivity index (χ2n) is 4.18. The van der Waals surface area contributed by atoms with Gasteiger partial charge in [-0.2, -0.15) is 0 Å². The number of hydrogen-bond acceptors (Lipinski definition) is 3. The van der Waals surface area contributed by atoms with Gasteiger partial charge in [-0.1, -0.05) is 28.1 Å². The highest BCUT2D eigenvalue weighted by Gasteiger charge is 2.07. The van der Waals surface area contributed by atoms with Gasteiger partial charge in [0.2, 0.25) is 0 Å². The predicted octanol–water partition coefficient (Wildman–Crippen LogP) is 3.60. The molecular formula is C15H16BrNO2. The highest BCUT2D eigenvalue weighted by molar-refractivity contribution is 9.10. The van der Waals surface area contributed by atoms with Gasteiger partial charge >= 0.3 is 0 Å². The first-order valence-electron chi connectivity index (χ1n) is 6.00. The van der Waals surface area contributed by atoms with E-state index < -0.39 is 6.10 Å². The van der Waals surface area contributed by atoms with Crippen LogP contribution in [-0.4, -0.2) is 18.8 Å². The summed E-state index contributed by atoms with van der Waals surface area (Å²) in [5.41, 5.74) is 1.84. The fourth-order valence-electron chi connectivity index (χ4n) is 1.76. The van der Waals surface area contributed by atoms with E-state index in [2.05, 4.69) is 21.2 Å². The maximum atomic E-state index is 10.1. The van der Waals surface area contributed by atoms with Crippen LogP contribution < -0.4 is 10.1 Å². The van der Waals surface area contributed by atoms with Crippen molar-refractivity contribution in [2.45, 2.75) is 6.10 Å². The summed E-state index contributed by atoms with van der Waals surface area (Å²) in [4.78, 5) is 0. The molecule has 0 aromatic heterocycles. The molecule has 2 aromatic rings. The Labute approximate surface area is 121 Å². The van der Waals surface area contributed by atoms with E-state index in [1.54, 1.807) is 7.11 Å². The van der Waals surface area contributed by atoms with Crippen molar-refractivity contribution in [2.75, 3.05) is 19.0 Å². The van der Waals surface area contributed by atoms with Crippen molar-refractivity contribution < 1.29 is 9.84 Å². The van der Waals surface area contributed by atoms with Crippen molar-refractivity contribution in [3.05, 3.63) is 58.6 Å². The molecule has 0 bridgehead atoms. The van der Waals surface area contributed by atoms with Crippen molar-refractivity contribution in [2.24, 2.45) is 0 Å². The lowest BCUT2D eigenvalue weighted by molar-refractivity contribution is 0.191. The van der Waals surface area contributed by atoms with Crippen LogP contribution in [0.4, 0.5) is 5.69 Å². The highest BCUT2D eigenvalue weighted by atomic mass is 79.9. The number of ether oxygens (including phenoxy) is 1. The number of nitrogens with one attached hydrogen (secondary N) is 1. The van der Waals surface area contributed by atoms with Crippen LogP contribution in [0.2, 0.25) is 0 Å². The molecule has 0 amide bonds. The maximum Gasteiger partial charge on any atom is 0.119 e. The SMILES string of the molecule is COc1ccc(NCC(O)c2cccc(Br)c2)cc1. The van der Waals surface area contributed by atoms with Crippen LogP contribution >= 0.6 is 15.9 Å². The maximum absolute atomic E-state index is 10.1. The Bertz CT molecular complexity index is 528. The van der Waals surface area contributed by atoms with Gasteiger partial charge in [0.15, 0.2) is 0 Å². The summed E-state index contributed by atoms with van der Waals surface area (Å²) in [7, 11) is 1.64. The van der Waals surface area contributed by atoms with Crippen molar-refractivity contribution in [1.82, 2.24) is 0 Å². The molecule has 2 N–H and O–H groups in total. The van der Waals surface area contributed by atoms with Gasteiger partial charge in [-0.05, 0) is 42.0 Å². The molecule has 0 aliphatic heterocycles. The van der Waals surface area contributed by atoms with E-state index in [4.69, 9.17) is 4.74 Å². The van der Waals surface area contributed by atoms with Crippen molar-refractivity contribution in [3.63, 3.8) is 0 Å². The van der Waals surface area contributed by atoms with Crippen molar-refractivity contribution in [1.29, 1.82) is 0 Å². The minimum atomic E-state index is -0.542. The molecule has 0 saturated heterocycles. The zero-order valence-corrected chi connectivity index (χ0v) is 12.2. The lowest BCUT2D eigenvalue weighted by atomic mass is 10.1. The van der Waals surface area contributed by atoms with Gasteiger partial charge in [-0.3, -0.25) is 0 Å². The summed E-state index contributed by atoms with van der Waals surface area (Å²) in [6, 6.07) is 15.3. The number of rotatable bonds is 5. The van der Waals surface area contributed by atoms with E-state index in [0.717, 1.165) is 21.5 Å². The minimum absolute atomic E-state index is 0.461. The first-order valence-corrected chi connectivity index (χ1v) is 6.80.